The summed E-state index contributed by atoms with van der Waals surface area (Å²) in [4.78, 5) is 9.47. The van der Waals surface area contributed by atoms with Gasteiger partial charge < -0.3 is 19.7 Å². The third kappa shape index (κ3) is 4.13. The highest BCUT2D eigenvalue weighted by Gasteiger charge is 2.30. The van der Waals surface area contributed by atoms with E-state index in [1.807, 2.05) is 70.3 Å². The van der Waals surface area contributed by atoms with Crippen LogP contribution in [0.2, 0.25) is 0 Å². The average Bonchev–Trinajstić information content (AvgIpc) is 2.82. The summed E-state index contributed by atoms with van der Waals surface area (Å²) >= 11 is 0. The third-order valence-electron chi connectivity index (χ3n) is 6.34. The minimum atomic E-state index is -0.756. The topological polar surface area (TPSA) is 84.7 Å². The molecule has 0 bridgehead atoms. The van der Waals surface area contributed by atoms with Crippen LogP contribution in [-0.2, 0) is 17.8 Å². The molecule has 1 aliphatic heterocycles. The summed E-state index contributed by atoms with van der Waals surface area (Å²) in [6, 6.07) is 11.8. The van der Waals surface area contributed by atoms with E-state index in [0.717, 1.165) is 56.2 Å². The second-order valence-electron chi connectivity index (χ2n) is 10.0. The molecule has 4 aromatic rings. The van der Waals surface area contributed by atoms with Gasteiger partial charge in [-0.25, -0.2) is 0 Å². The molecule has 2 N–H and O–H groups in total. The van der Waals surface area contributed by atoms with Gasteiger partial charge in [0.25, 0.3) is 0 Å². The minimum absolute atomic E-state index is 0.0670. The van der Waals surface area contributed by atoms with E-state index in [2.05, 4.69) is 11.6 Å². The van der Waals surface area contributed by atoms with Crippen molar-refractivity contribution in [2.24, 2.45) is 0 Å². The van der Waals surface area contributed by atoms with Crippen molar-refractivity contribution in [1.29, 1.82) is 0 Å². The molecule has 0 aliphatic carbocycles. The van der Waals surface area contributed by atoms with Crippen LogP contribution in [-0.4, -0.2) is 32.4 Å². The summed E-state index contributed by atoms with van der Waals surface area (Å²) in [7, 11) is 0. The first-order valence-electron chi connectivity index (χ1n) is 11.8. The molecule has 0 fully saturated rings. The Balaban J connectivity index is 1.91. The van der Waals surface area contributed by atoms with E-state index in [9.17, 15) is 10.2 Å². The zero-order valence-electron chi connectivity index (χ0n) is 20.6. The number of hydrogen-bond acceptors (Lipinski definition) is 6. The first-order valence-corrected chi connectivity index (χ1v) is 11.8. The maximum absolute atomic E-state index is 10.7. The van der Waals surface area contributed by atoms with Gasteiger partial charge in [0, 0.05) is 29.0 Å². The van der Waals surface area contributed by atoms with Crippen molar-refractivity contribution in [3.63, 3.8) is 0 Å². The Hall–Kier alpha value is -3.48. The fraction of sp³-hybridized carbons (Fsp3) is 0.310. The van der Waals surface area contributed by atoms with Crippen LogP contribution < -0.4 is 4.74 Å². The molecule has 0 spiro atoms. The quantitative estimate of drug-likeness (QED) is 0.342. The Labute approximate surface area is 204 Å². The van der Waals surface area contributed by atoms with Crippen LogP contribution in [0, 0.1) is 6.92 Å². The Morgan fingerprint density at radius 3 is 2.71 bits per heavy atom. The largest absolute Gasteiger partial charge is 0.510 e. The molecule has 35 heavy (non-hydrogen) atoms. The molecule has 6 heteroatoms. The lowest BCUT2D eigenvalue weighted by Gasteiger charge is -2.30. The first-order chi connectivity index (χ1) is 16.7. The number of aromatic nitrogens is 2. The predicted octanol–water partition coefficient (Wildman–Crippen LogP) is 6.11. The van der Waals surface area contributed by atoms with Gasteiger partial charge in [-0.05, 0) is 80.3 Å². The van der Waals surface area contributed by atoms with Crippen molar-refractivity contribution in [3.05, 3.63) is 77.3 Å². The second kappa shape index (κ2) is 8.63. The monoisotopic (exact) mass is 470 g/mol. The van der Waals surface area contributed by atoms with Crippen molar-refractivity contribution in [3.8, 4) is 16.9 Å². The number of pyridine rings is 2. The number of hydrogen-bond donors (Lipinski definition) is 2. The van der Waals surface area contributed by atoms with Crippen LogP contribution >= 0.6 is 0 Å². The molecule has 2 aromatic heterocycles. The fourth-order valence-corrected chi connectivity index (χ4v) is 4.93. The van der Waals surface area contributed by atoms with Crippen molar-refractivity contribution in [2.45, 2.75) is 52.4 Å². The number of fused-ring (bicyclic) bond motifs is 1. The standard InChI is InChI=1S/C29H30N2O4/c1-16-14-22-20(7-6-19(15-32)31-22)26(24(16)28(17(2)33)35-29(3,4)5)21-8-9-23-25-18(11-13-34-23)10-12-30-27(21)25/h6-10,12,14,28,32-33H,2,11,13,15H2,1,3-5H3/t28-/m1/s1. The highest BCUT2D eigenvalue weighted by Crippen LogP contribution is 2.45. The van der Waals surface area contributed by atoms with Crippen molar-refractivity contribution >= 4 is 21.8 Å². The third-order valence-corrected chi connectivity index (χ3v) is 6.34. The molecule has 2 aromatic carbocycles. The maximum Gasteiger partial charge on any atom is 0.140 e. The minimum Gasteiger partial charge on any atom is -0.510 e. The number of ether oxygens (including phenoxy) is 2. The summed E-state index contributed by atoms with van der Waals surface area (Å²) in [5, 5.41) is 22.3. The maximum atomic E-state index is 10.7. The van der Waals surface area contributed by atoms with Crippen LogP contribution in [0.15, 0.2) is 54.9 Å². The van der Waals surface area contributed by atoms with Gasteiger partial charge in [0.1, 0.15) is 17.6 Å². The highest BCUT2D eigenvalue weighted by atomic mass is 16.5. The van der Waals surface area contributed by atoms with Crippen LogP contribution in [0.5, 0.6) is 5.75 Å². The lowest BCUT2D eigenvalue weighted by Crippen LogP contribution is -2.24. The van der Waals surface area contributed by atoms with Crippen LogP contribution in [0.1, 0.15) is 49.3 Å². The molecule has 5 rings (SSSR count). The molecular formula is C29H30N2O4. The van der Waals surface area contributed by atoms with Gasteiger partial charge in [-0.2, -0.15) is 0 Å². The van der Waals surface area contributed by atoms with Gasteiger partial charge in [0.2, 0.25) is 0 Å². The summed E-state index contributed by atoms with van der Waals surface area (Å²) in [5.41, 5.74) is 6.35. The van der Waals surface area contributed by atoms with Gasteiger partial charge in [0.05, 0.1) is 35.5 Å². The molecule has 1 aliphatic rings. The summed E-state index contributed by atoms with van der Waals surface area (Å²) in [6.45, 7) is 12.2. The fourth-order valence-electron chi connectivity index (χ4n) is 4.93. The zero-order valence-corrected chi connectivity index (χ0v) is 20.6. The highest BCUT2D eigenvalue weighted by molar-refractivity contribution is 6.07. The molecule has 0 saturated carbocycles. The van der Waals surface area contributed by atoms with Crippen molar-refractivity contribution < 1.29 is 19.7 Å². The van der Waals surface area contributed by atoms with E-state index < -0.39 is 11.7 Å². The first kappa shape index (κ1) is 23.3. The lowest BCUT2D eigenvalue weighted by molar-refractivity contribution is -0.0594. The summed E-state index contributed by atoms with van der Waals surface area (Å²) in [6.07, 6.45) is 1.90. The van der Waals surface area contributed by atoms with Gasteiger partial charge >= 0.3 is 0 Å². The number of benzene rings is 2. The van der Waals surface area contributed by atoms with Crippen LogP contribution in [0.3, 0.4) is 0 Å². The smallest absolute Gasteiger partial charge is 0.140 e. The Morgan fingerprint density at radius 1 is 1.20 bits per heavy atom. The molecule has 0 saturated heterocycles. The number of aryl methyl sites for hydroxylation is 1. The molecule has 6 nitrogen and oxygen atoms in total. The Bertz CT molecular complexity index is 1460. The molecule has 0 radical (unpaired) electrons. The van der Waals surface area contributed by atoms with E-state index >= 15 is 0 Å². The molecule has 0 amide bonds. The van der Waals surface area contributed by atoms with Crippen molar-refractivity contribution in [1.82, 2.24) is 9.97 Å². The lowest BCUT2D eigenvalue weighted by atomic mass is 9.86. The van der Waals surface area contributed by atoms with Gasteiger partial charge in [0.15, 0.2) is 0 Å². The van der Waals surface area contributed by atoms with E-state index in [1.165, 1.54) is 5.56 Å². The SMILES string of the molecule is C=C(O)[C@@H](OC(C)(C)C)c1c(C)cc2nc(CO)ccc2c1-c1ccc2c3c(ccnc13)CCO2. The molecular weight excluding hydrogens is 440 g/mol. The molecule has 180 valence electrons. The molecule has 1 atom stereocenters. The number of aliphatic hydroxyl groups is 2. The summed E-state index contributed by atoms with van der Waals surface area (Å²) in [5.74, 6) is 0.758. The normalized spacial score (nSPS) is 14.2. The van der Waals surface area contributed by atoms with Crippen LogP contribution in [0.4, 0.5) is 0 Å². The second-order valence-corrected chi connectivity index (χ2v) is 10.0. The van der Waals surface area contributed by atoms with E-state index in [-0.39, 0.29) is 12.4 Å². The average molecular weight is 471 g/mol. The van der Waals surface area contributed by atoms with Gasteiger partial charge in [-0.3, -0.25) is 9.97 Å². The van der Waals surface area contributed by atoms with E-state index in [1.54, 1.807) is 0 Å². The van der Waals surface area contributed by atoms with Crippen molar-refractivity contribution in [2.75, 3.05) is 6.61 Å². The van der Waals surface area contributed by atoms with Gasteiger partial charge in [-0.15, -0.1) is 0 Å². The Kier molecular flexibility index (Phi) is 5.74. The zero-order chi connectivity index (χ0) is 24.9. The Morgan fingerprint density at radius 2 is 2.00 bits per heavy atom. The van der Waals surface area contributed by atoms with Gasteiger partial charge in [-0.1, -0.05) is 12.6 Å². The number of nitrogens with zero attached hydrogens (tertiary/aromatic N) is 2. The molecule has 3 heterocycles. The van der Waals surface area contributed by atoms with E-state index in [0.29, 0.717) is 12.3 Å². The van der Waals surface area contributed by atoms with Crippen LogP contribution in [0.25, 0.3) is 32.9 Å². The number of rotatable bonds is 5. The summed E-state index contributed by atoms with van der Waals surface area (Å²) < 4.78 is 12.3. The molecule has 0 unspecified atom stereocenters. The van der Waals surface area contributed by atoms with E-state index in [4.69, 9.17) is 14.5 Å². The number of aliphatic hydroxyl groups excluding tert-OH is 2. The predicted molar refractivity (Wildman–Crippen MR) is 138 cm³/mol.